The van der Waals surface area contributed by atoms with Crippen LogP contribution in [0.1, 0.15) is 75.8 Å². The Morgan fingerprint density at radius 3 is 1.45 bits per heavy atom. The van der Waals surface area contributed by atoms with Crippen molar-refractivity contribution in [3.05, 3.63) is 229 Å². The van der Waals surface area contributed by atoms with Crippen LogP contribution in [0.25, 0.3) is 22.3 Å². The minimum Gasteiger partial charge on any atom is -0.507 e. The van der Waals surface area contributed by atoms with Crippen LogP contribution in [-0.2, 0) is 48.3 Å². The summed E-state index contributed by atoms with van der Waals surface area (Å²) in [5.41, 5.74) is 12.0. The van der Waals surface area contributed by atoms with E-state index in [0.717, 1.165) is 51.2 Å². The molecule has 8 aromatic rings. The van der Waals surface area contributed by atoms with Crippen molar-refractivity contribution >= 4 is 92.1 Å². The Hall–Kier alpha value is -8.46. The Balaban J connectivity index is 0.000000271. The SMILES string of the molecule is CC1(C)O[C@@H](C(=O)O)[C@H](C(=O)N2CCC[C@@H]2c2cccc(Cl)c2)O1.CCOc1cc(F)ccc1-c1ccc(CN)cc1.CCOc1cc(F)ccc1-c1ccc(CNC(=O)C(F)(F)F)cc1.CCOc1cc(F)ccc1Br.Cl.O=C(NCc1ccc(B(O)O)cc1)C(F)(F)F.Oc1cc(F)ccc1Br. The van der Waals surface area contributed by atoms with Gasteiger partial charge in [-0.15, -0.1) is 12.4 Å². The van der Waals surface area contributed by atoms with Crippen molar-refractivity contribution in [3.8, 4) is 45.3 Å². The maximum atomic E-state index is 13.3. The molecule has 104 heavy (non-hydrogen) atoms. The van der Waals surface area contributed by atoms with Gasteiger partial charge in [0.1, 0.15) is 46.3 Å². The minimum atomic E-state index is -4.90. The molecule has 2 fully saturated rings. The zero-order valence-electron chi connectivity index (χ0n) is 56.1. The number of nitrogens with one attached hydrogen (secondary N) is 2. The quantitative estimate of drug-likeness (QED) is 0.0331. The molecule has 8 aromatic carbocycles. The second-order valence-electron chi connectivity index (χ2n) is 22.4. The molecule has 0 unspecified atom stereocenters. The molecular formula is C72H73BBr2Cl2F10N4O13. The van der Waals surface area contributed by atoms with Crippen molar-refractivity contribution in [1.29, 1.82) is 0 Å². The van der Waals surface area contributed by atoms with Crippen molar-refractivity contribution in [3.63, 3.8) is 0 Å². The molecule has 32 heteroatoms. The number of phenolic OH excluding ortho intramolecular Hbond substituents is 1. The summed E-state index contributed by atoms with van der Waals surface area (Å²) in [6.45, 7) is 10.7. The molecule has 0 bridgehead atoms. The molecule has 2 heterocycles. The van der Waals surface area contributed by atoms with E-state index in [1.54, 1.807) is 84.8 Å². The molecule has 3 amide bonds. The van der Waals surface area contributed by atoms with E-state index in [-0.39, 0.29) is 60.3 Å². The number of halogens is 14. The summed E-state index contributed by atoms with van der Waals surface area (Å²) in [6.07, 6.45) is -10.6. The zero-order valence-corrected chi connectivity index (χ0v) is 60.9. The molecular weight excluding hydrogens is 1560 g/mol. The largest absolute Gasteiger partial charge is 0.507 e. The average molecular weight is 1630 g/mol. The Kier molecular flexibility index (Phi) is 35.4. The number of rotatable bonds is 17. The lowest BCUT2D eigenvalue weighted by Gasteiger charge is -2.28. The average Bonchev–Trinajstić information content (AvgIpc) is 1.63. The van der Waals surface area contributed by atoms with E-state index in [1.165, 1.54) is 72.8 Å². The standard InChI is InChI=1S/C17H20ClNO5.C17H15F4NO2.C15H16FNO.C9H9BF3NO3.C8H8BrFO.C6H4BrFO.ClH/c1-17(2)23-13(14(24-17)16(21)22)15(20)19-8-4-7-12(19)10-5-3-6-11(18)9-10;1-2-24-15-9-13(18)7-8-14(15)12-5-3-11(4-6-12)10-22-16(23)17(19,20)21;1-2-18-15-9-13(16)7-8-14(15)12-5-3-11(10-17)4-6-12;11-9(12,13)8(15)14-5-6-1-3-7(4-2-6)10(16)17;1-2-11-8-5-6(10)3-4-7(8)9;7-5-2-1-4(8)3-6(5)9;/h3,5-6,9,12-14H,4,7-8H2,1-2H3,(H,21,22);3-9H,2,10H2,1H3,(H,22,23);3-9H,2,10,17H2,1H3;1-4,16-17H,5H2,(H,14,15);3-5H,2H2,1H3;1-3,9H;1H/t12-,13-,14-;;;;;;/m1....../s1. The number of carboxylic acids is 1. The van der Waals surface area contributed by atoms with Gasteiger partial charge in [-0.25, -0.2) is 22.4 Å². The van der Waals surface area contributed by atoms with Gasteiger partial charge >= 0.3 is 37.3 Å². The van der Waals surface area contributed by atoms with Gasteiger partial charge in [0, 0.05) is 66.6 Å². The molecule has 2 aliphatic rings. The van der Waals surface area contributed by atoms with Gasteiger partial charge in [-0.3, -0.25) is 14.4 Å². The Labute approximate surface area is 621 Å². The van der Waals surface area contributed by atoms with Gasteiger partial charge in [0.2, 0.25) is 0 Å². The van der Waals surface area contributed by atoms with E-state index in [1.807, 2.05) is 56.3 Å². The third kappa shape index (κ3) is 28.2. The van der Waals surface area contributed by atoms with Crippen molar-refractivity contribution in [2.24, 2.45) is 5.73 Å². The maximum absolute atomic E-state index is 13.3. The number of phenols is 1. The van der Waals surface area contributed by atoms with Crippen LogP contribution in [0, 0.1) is 23.3 Å². The van der Waals surface area contributed by atoms with Crippen molar-refractivity contribution in [2.75, 3.05) is 26.4 Å². The summed E-state index contributed by atoms with van der Waals surface area (Å²) < 4.78 is 151. The van der Waals surface area contributed by atoms with Crippen LogP contribution < -0.4 is 36.0 Å². The molecule has 0 radical (unpaired) electrons. The summed E-state index contributed by atoms with van der Waals surface area (Å²) in [6, 6.07) is 44.0. The van der Waals surface area contributed by atoms with E-state index in [9.17, 15) is 68.2 Å². The van der Waals surface area contributed by atoms with Crippen LogP contribution in [0.15, 0.2) is 179 Å². The molecule has 0 aliphatic carbocycles. The highest BCUT2D eigenvalue weighted by atomic mass is 79.9. The smallest absolute Gasteiger partial charge is 0.488 e. The fraction of sp³-hybridized carbons (Fsp3) is 0.278. The normalized spacial score (nSPS) is 14.7. The van der Waals surface area contributed by atoms with Crippen molar-refractivity contribution in [1.82, 2.24) is 15.5 Å². The summed E-state index contributed by atoms with van der Waals surface area (Å²) in [4.78, 5) is 47.3. The van der Waals surface area contributed by atoms with E-state index in [2.05, 4.69) is 31.9 Å². The first-order valence-electron chi connectivity index (χ1n) is 31.3. The number of aromatic hydroxyl groups is 1. The van der Waals surface area contributed by atoms with E-state index in [0.29, 0.717) is 76.3 Å². The second-order valence-corrected chi connectivity index (χ2v) is 24.5. The number of hydrogen-bond donors (Lipinski definition) is 7. The first-order chi connectivity index (χ1) is 48.6. The molecule has 2 saturated heterocycles. The van der Waals surface area contributed by atoms with Crippen LogP contribution in [0.5, 0.6) is 23.0 Å². The summed E-state index contributed by atoms with van der Waals surface area (Å²) in [5.74, 6) is -6.65. The van der Waals surface area contributed by atoms with Crippen LogP contribution in [0.4, 0.5) is 43.9 Å². The Morgan fingerprint density at radius 1 is 0.606 bits per heavy atom. The van der Waals surface area contributed by atoms with Gasteiger partial charge in [0.05, 0.1) is 34.8 Å². The fourth-order valence-electron chi connectivity index (χ4n) is 9.62. The number of carboxylic acid groups (broad SMARTS) is 1. The van der Waals surface area contributed by atoms with Gasteiger partial charge in [-0.05, 0) is 179 Å². The lowest BCUT2D eigenvalue weighted by molar-refractivity contribution is -0.173. The highest BCUT2D eigenvalue weighted by Crippen LogP contribution is 2.38. The molecule has 0 aromatic heterocycles. The van der Waals surface area contributed by atoms with Crippen molar-refractivity contribution < 1.29 is 107 Å². The van der Waals surface area contributed by atoms with Crippen LogP contribution in [0.2, 0.25) is 5.02 Å². The van der Waals surface area contributed by atoms with Crippen LogP contribution in [0.3, 0.4) is 0 Å². The topological polar surface area (TPSA) is 249 Å². The third-order valence-electron chi connectivity index (χ3n) is 14.4. The number of alkyl halides is 6. The van der Waals surface area contributed by atoms with Crippen LogP contribution >= 0.6 is 55.9 Å². The molecule has 2 aliphatic heterocycles. The lowest BCUT2D eigenvalue weighted by atomic mass is 9.80. The van der Waals surface area contributed by atoms with Crippen molar-refractivity contribution in [2.45, 2.75) is 103 Å². The molecule has 0 saturated carbocycles. The Morgan fingerprint density at radius 2 is 1.03 bits per heavy atom. The number of nitrogens with two attached hydrogens (primary N) is 1. The molecule has 8 N–H and O–H groups in total. The first-order valence-corrected chi connectivity index (χ1v) is 33.3. The Bertz CT molecular complexity index is 4080. The fourth-order valence-corrected chi connectivity index (χ4v) is 10.4. The molecule has 10 rings (SSSR count). The van der Waals surface area contributed by atoms with Gasteiger partial charge in [-0.1, -0.05) is 96.5 Å². The minimum absolute atomic E-state index is 0. The second kappa shape index (κ2) is 41.9. The number of amides is 3. The van der Waals surface area contributed by atoms with E-state index in [4.69, 9.17) is 56.2 Å². The molecule has 3 atom stereocenters. The summed E-state index contributed by atoms with van der Waals surface area (Å²) in [5, 5.41) is 39.8. The number of nitrogens with zero attached hydrogens (tertiary/aromatic N) is 1. The molecule has 560 valence electrons. The predicted octanol–water partition coefficient (Wildman–Crippen LogP) is 15.3. The highest BCUT2D eigenvalue weighted by Gasteiger charge is 2.51. The highest BCUT2D eigenvalue weighted by molar-refractivity contribution is 9.11. The summed E-state index contributed by atoms with van der Waals surface area (Å²) >= 11 is 12.3. The number of ether oxygens (including phenoxy) is 5. The van der Waals surface area contributed by atoms with Gasteiger partial charge in [-0.2, -0.15) is 26.3 Å². The number of carbonyl (C=O) groups is 4. The number of carbonyl (C=O) groups excluding carboxylic acids is 3. The third-order valence-corrected chi connectivity index (χ3v) is 16.0. The number of benzene rings is 8. The monoisotopic (exact) mass is 1630 g/mol. The predicted molar refractivity (Wildman–Crippen MR) is 381 cm³/mol. The molecule has 0 spiro atoms. The van der Waals surface area contributed by atoms with Gasteiger partial charge in [0.15, 0.2) is 18.0 Å². The van der Waals surface area contributed by atoms with E-state index < -0.39 is 66.9 Å². The number of hydrogen-bond acceptors (Lipinski definition) is 13. The first kappa shape index (κ1) is 87.9. The molecule has 17 nitrogen and oxygen atoms in total. The van der Waals surface area contributed by atoms with Gasteiger partial charge < -0.3 is 65.2 Å². The number of likely N-dealkylation sites (tertiary alicyclic amines) is 1. The van der Waals surface area contributed by atoms with Crippen LogP contribution in [-0.4, -0.2) is 113 Å². The maximum Gasteiger partial charge on any atom is 0.488 e. The van der Waals surface area contributed by atoms with E-state index >= 15 is 0 Å². The number of aliphatic carboxylic acids is 1. The zero-order chi connectivity index (χ0) is 76.4. The summed E-state index contributed by atoms with van der Waals surface area (Å²) in [7, 11) is -1.63. The van der Waals surface area contributed by atoms with Gasteiger partial charge in [0.25, 0.3) is 5.91 Å². The lowest BCUT2D eigenvalue weighted by Crippen LogP contribution is -2.46.